The number of aliphatic carboxylic acids is 1. The Morgan fingerprint density at radius 1 is 1.18 bits per heavy atom. The summed E-state index contributed by atoms with van der Waals surface area (Å²) in [6, 6.07) is 9.62. The summed E-state index contributed by atoms with van der Waals surface area (Å²) < 4.78 is -1.37. The SMILES string of the molecule is O=C(O)C1=CC=C(c2ccccc2)CC1(Cl)Cl. The second kappa shape index (κ2) is 4.55. The van der Waals surface area contributed by atoms with E-state index < -0.39 is 10.3 Å². The first-order valence-electron chi connectivity index (χ1n) is 5.08. The summed E-state index contributed by atoms with van der Waals surface area (Å²) in [4.78, 5) is 10.9. The number of benzene rings is 1. The van der Waals surface area contributed by atoms with Crippen molar-refractivity contribution in [1.82, 2.24) is 0 Å². The molecule has 0 aromatic heterocycles. The third-order valence-corrected chi connectivity index (χ3v) is 3.31. The third kappa shape index (κ3) is 2.54. The maximum absolute atomic E-state index is 10.9. The van der Waals surface area contributed by atoms with Crippen LogP contribution in [0.15, 0.2) is 48.1 Å². The fourth-order valence-corrected chi connectivity index (χ4v) is 2.35. The topological polar surface area (TPSA) is 37.3 Å². The van der Waals surface area contributed by atoms with Gasteiger partial charge in [0.2, 0.25) is 0 Å². The van der Waals surface area contributed by atoms with Crippen molar-refractivity contribution >= 4 is 34.7 Å². The van der Waals surface area contributed by atoms with E-state index in [4.69, 9.17) is 28.3 Å². The van der Waals surface area contributed by atoms with Gasteiger partial charge in [-0.25, -0.2) is 4.79 Å². The van der Waals surface area contributed by atoms with E-state index in [1.54, 1.807) is 6.08 Å². The normalized spacial score (nSPS) is 18.2. The number of allylic oxidation sites excluding steroid dienone is 3. The number of hydrogen-bond donors (Lipinski definition) is 1. The van der Waals surface area contributed by atoms with Crippen molar-refractivity contribution in [1.29, 1.82) is 0 Å². The highest BCUT2D eigenvalue weighted by molar-refractivity contribution is 6.52. The summed E-state index contributed by atoms with van der Waals surface area (Å²) in [6.45, 7) is 0. The van der Waals surface area contributed by atoms with Gasteiger partial charge in [0.25, 0.3) is 0 Å². The van der Waals surface area contributed by atoms with Gasteiger partial charge in [-0.1, -0.05) is 59.6 Å². The van der Waals surface area contributed by atoms with Crippen LogP contribution in [0.2, 0.25) is 0 Å². The Kier molecular flexibility index (Phi) is 3.27. The Balaban J connectivity index is 2.39. The van der Waals surface area contributed by atoms with Gasteiger partial charge < -0.3 is 5.11 Å². The standard InChI is InChI=1S/C13H10Cl2O2/c14-13(15)8-10(6-7-11(13)12(16)17)9-4-2-1-3-5-9/h1-7H,8H2,(H,16,17). The molecule has 0 amide bonds. The summed E-state index contributed by atoms with van der Waals surface area (Å²) in [6.07, 6.45) is 3.51. The van der Waals surface area contributed by atoms with E-state index in [-0.39, 0.29) is 12.0 Å². The lowest BCUT2D eigenvalue weighted by Gasteiger charge is -2.25. The minimum atomic E-state index is -1.37. The second-order valence-electron chi connectivity index (χ2n) is 3.82. The fourth-order valence-electron chi connectivity index (χ4n) is 1.78. The fraction of sp³-hybridized carbons (Fsp3) is 0.154. The maximum atomic E-state index is 10.9. The Bertz CT molecular complexity index is 501. The van der Waals surface area contributed by atoms with Gasteiger partial charge in [0.15, 0.2) is 4.33 Å². The molecule has 0 spiro atoms. The van der Waals surface area contributed by atoms with E-state index in [9.17, 15) is 4.79 Å². The maximum Gasteiger partial charge on any atom is 0.334 e. The van der Waals surface area contributed by atoms with Crippen LogP contribution in [0, 0.1) is 0 Å². The lowest BCUT2D eigenvalue weighted by Crippen LogP contribution is -2.25. The summed E-state index contributed by atoms with van der Waals surface area (Å²) in [7, 11) is 0. The first kappa shape index (κ1) is 12.2. The molecule has 88 valence electrons. The highest BCUT2D eigenvalue weighted by Gasteiger charge is 2.36. The molecule has 0 atom stereocenters. The summed E-state index contributed by atoms with van der Waals surface area (Å²) >= 11 is 12.1. The Morgan fingerprint density at radius 3 is 2.35 bits per heavy atom. The monoisotopic (exact) mass is 268 g/mol. The molecule has 4 heteroatoms. The van der Waals surface area contributed by atoms with Crippen molar-refractivity contribution in [2.45, 2.75) is 10.8 Å². The minimum absolute atomic E-state index is 0.0144. The van der Waals surface area contributed by atoms with E-state index >= 15 is 0 Å². The highest BCUT2D eigenvalue weighted by atomic mass is 35.5. The number of carbonyl (C=O) groups is 1. The number of hydrogen-bond acceptors (Lipinski definition) is 1. The zero-order valence-electron chi connectivity index (χ0n) is 8.86. The smallest absolute Gasteiger partial charge is 0.334 e. The van der Waals surface area contributed by atoms with Gasteiger partial charge >= 0.3 is 5.97 Å². The molecule has 0 fully saturated rings. The first-order chi connectivity index (χ1) is 8.00. The molecule has 2 nitrogen and oxygen atoms in total. The molecule has 2 rings (SSSR count). The van der Waals surface area contributed by atoms with Crippen molar-refractivity contribution < 1.29 is 9.90 Å². The first-order valence-corrected chi connectivity index (χ1v) is 5.84. The molecule has 0 bridgehead atoms. The van der Waals surface area contributed by atoms with Crippen molar-refractivity contribution in [3.63, 3.8) is 0 Å². The van der Waals surface area contributed by atoms with Crippen LogP contribution in [0.25, 0.3) is 5.57 Å². The molecule has 1 aliphatic carbocycles. The third-order valence-electron chi connectivity index (χ3n) is 2.63. The van der Waals surface area contributed by atoms with E-state index in [0.29, 0.717) is 0 Å². The van der Waals surface area contributed by atoms with Crippen LogP contribution in [-0.2, 0) is 4.79 Å². The second-order valence-corrected chi connectivity index (χ2v) is 5.31. The van der Waals surface area contributed by atoms with Gasteiger partial charge in [-0.15, -0.1) is 0 Å². The van der Waals surface area contributed by atoms with Crippen LogP contribution in [-0.4, -0.2) is 15.4 Å². The number of alkyl halides is 2. The van der Waals surface area contributed by atoms with Crippen LogP contribution >= 0.6 is 23.2 Å². The van der Waals surface area contributed by atoms with Gasteiger partial charge in [0.1, 0.15) is 0 Å². The predicted octanol–water partition coefficient (Wildman–Crippen LogP) is 3.66. The number of rotatable bonds is 2. The van der Waals surface area contributed by atoms with Gasteiger partial charge in [-0.3, -0.25) is 0 Å². The predicted molar refractivity (Wildman–Crippen MR) is 69.2 cm³/mol. The van der Waals surface area contributed by atoms with Gasteiger partial charge in [-0.05, 0) is 17.2 Å². The van der Waals surface area contributed by atoms with Crippen LogP contribution < -0.4 is 0 Å². The van der Waals surface area contributed by atoms with Crippen LogP contribution in [0.3, 0.4) is 0 Å². The summed E-state index contributed by atoms with van der Waals surface area (Å²) in [5.74, 6) is -1.08. The highest BCUT2D eigenvalue weighted by Crippen LogP contribution is 2.42. The largest absolute Gasteiger partial charge is 0.478 e. The number of carboxylic acids is 1. The zero-order valence-corrected chi connectivity index (χ0v) is 10.4. The molecule has 0 saturated heterocycles. The molecule has 1 aromatic carbocycles. The van der Waals surface area contributed by atoms with Gasteiger partial charge in [0.05, 0.1) is 5.57 Å². The van der Waals surface area contributed by atoms with Crippen molar-refractivity contribution in [3.8, 4) is 0 Å². The molecular formula is C13H10Cl2O2. The van der Waals surface area contributed by atoms with Crippen LogP contribution in [0.1, 0.15) is 12.0 Å². The molecule has 1 aliphatic rings. The van der Waals surface area contributed by atoms with Crippen LogP contribution in [0.4, 0.5) is 0 Å². The molecule has 0 radical (unpaired) electrons. The molecule has 0 aliphatic heterocycles. The van der Waals surface area contributed by atoms with E-state index in [1.165, 1.54) is 6.08 Å². The van der Waals surface area contributed by atoms with E-state index in [2.05, 4.69) is 0 Å². The average molecular weight is 269 g/mol. The quantitative estimate of drug-likeness (QED) is 0.832. The Morgan fingerprint density at radius 2 is 1.82 bits per heavy atom. The molecular weight excluding hydrogens is 259 g/mol. The number of halogens is 2. The zero-order chi connectivity index (χ0) is 12.5. The van der Waals surface area contributed by atoms with Crippen LogP contribution in [0.5, 0.6) is 0 Å². The number of carboxylic acid groups (broad SMARTS) is 1. The summed E-state index contributed by atoms with van der Waals surface area (Å²) in [5, 5.41) is 8.96. The Hall–Kier alpha value is -1.25. The average Bonchev–Trinajstić information content (AvgIpc) is 2.28. The molecule has 0 heterocycles. The van der Waals surface area contributed by atoms with Gasteiger partial charge in [-0.2, -0.15) is 0 Å². The lowest BCUT2D eigenvalue weighted by molar-refractivity contribution is -0.132. The van der Waals surface area contributed by atoms with Crippen molar-refractivity contribution in [2.24, 2.45) is 0 Å². The Labute approximate surface area is 109 Å². The molecule has 0 saturated carbocycles. The van der Waals surface area contributed by atoms with E-state index in [0.717, 1.165) is 11.1 Å². The van der Waals surface area contributed by atoms with Gasteiger partial charge in [0, 0.05) is 6.42 Å². The lowest BCUT2D eigenvalue weighted by atomic mass is 9.92. The van der Waals surface area contributed by atoms with Crippen molar-refractivity contribution in [2.75, 3.05) is 0 Å². The molecule has 1 N–H and O–H groups in total. The molecule has 17 heavy (non-hydrogen) atoms. The minimum Gasteiger partial charge on any atom is -0.478 e. The van der Waals surface area contributed by atoms with E-state index in [1.807, 2.05) is 30.3 Å². The molecule has 0 unspecified atom stereocenters. The van der Waals surface area contributed by atoms with Crippen molar-refractivity contribution in [3.05, 3.63) is 53.6 Å². The summed E-state index contributed by atoms with van der Waals surface area (Å²) in [5.41, 5.74) is 1.94. The molecule has 1 aromatic rings.